The number of alkyl halides is 3. The van der Waals surface area contributed by atoms with Crippen molar-refractivity contribution < 1.29 is 13.2 Å². The van der Waals surface area contributed by atoms with E-state index in [1.807, 2.05) is 13.8 Å². The van der Waals surface area contributed by atoms with Crippen LogP contribution in [0.15, 0.2) is 0 Å². The largest absolute Gasteiger partial charge is 0.401 e. The summed E-state index contributed by atoms with van der Waals surface area (Å²) in [5.74, 6) is 0.350. The Kier molecular flexibility index (Phi) is 6.33. The van der Waals surface area contributed by atoms with Crippen molar-refractivity contribution in [3.63, 3.8) is 0 Å². The van der Waals surface area contributed by atoms with Gasteiger partial charge in [0.1, 0.15) is 0 Å². The molecule has 0 rings (SSSR count). The first kappa shape index (κ1) is 15.7. The Bertz CT molecular complexity index is 190. The van der Waals surface area contributed by atoms with Gasteiger partial charge in [0.15, 0.2) is 0 Å². The minimum atomic E-state index is -4.16. The van der Waals surface area contributed by atoms with Gasteiger partial charge in [0.25, 0.3) is 0 Å². The summed E-state index contributed by atoms with van der Waals surface area (Å²) < 4.78 is 37.3. The molecule has 2 N–H and O–H groups in total. The predicted molar refractivity (Wildman–Crippen MR) is 60.2 cm³/mol. The Morgan fingerprint density at radius 1 is 1.12 bits per heavy atom. The third-order valence-electron chi connectivity index (χ3n) is 2.51. The van der Waals surface area contributed by atoms with Crippen molar-refractivity contribution >= 4 is 0 Å². The zero-order valence-corrected chi connectivity index (χ0v) is 10.5. The monoisotopic (exact) mass is 240 g/mol. The van der Waals surface area contributed by atoms with Gasteiger partial charge in [-0.15, -0.1) is 0 Å². The molecule has 0 amide bonds. The third-order valence-corrected chi connectivity index (χ3v) is 2.51. The SMILES string of the molecule is CC(C)CC(CN)N(CC(F)(F)F)C(C)C. The Morgan fingerprint density at radius 3 is 1.88 bits per heavy atom. The number of nitrogens with zero attached hydrogens (tertiary/aromatic N) is 1. The summed E-state index contributed by atoms with van der Waals surface area (Å²) in [6.45, 7) is 6.93. The summed E-state index contributed by atoms with van der Waals surface area (Å²) in [7, 11) is 0. The van der Waals surface area contributed by atoms with Crippen LogP contribution in [-0.2, 0) is 0 Å². The highest BCUT2D eigenvalue weighted by molar-refractivity contribution is 4.78. The van der Waals surface area contributed by atoms with Gasteiger partial charge in [-0.3, -0.25) is 4.90 Å². The van der Waals surface area contributed by atoms with Gasteiger partial charge < -0.3 is 5.73 Å². The summed E-state index contributed by atoms with van der Waals surface area (Å²) in [6.07, 6.45) is -3.46. The zero-order valence-electron chi connectivity index (χ0n) is 10.5. The molecule has 0 heterocycles. The molecule has 1 unspecified atom stereocenters. The molecule has 0 aliphatic carbocycles. The van der Waals surface area contributed by atoms with E-state index in [9.17, 15) is 13.2 Å². The normalized spacial score (nSPS) is 15.2. The standard InChI is InChI=1S/C11H23F3N2/c1-8(2)5-10(6-15)16(9(3)4)7-11(12,13)14/h8-10H,5-7,15H2,1-4H3. The molecule has 0 fully saturated rings. The number of hydrogen-bond acceptors (Lipinski definition) is 2. The molecule has 0 radical (unpaired) electrons. The average Bonchev–Trinajstić information content (AvgIpc) is 2.08. The molecule has 0 saturated carbocycles. The van der Waals surface area contributed by atoms with Gasteiger partial charge in [0.2, 0.25) is 0 Å². The van der Waals surface area contributed by atoms with Crippen LogP contribution in [0, 0.1) is 5.92 Å². The van der Waals surface area contributed by atoms with Gasteiger partial charge in [-0.05, 0) is 26.2 Å². The maximum Gasteiger partial charge on any atom is 0.401 e. The van der Waals surface area contributed by atoms with E-state index in [1.165, 1.54) is 4.90 Å². The third kappa shape index (κ3) is 6.33. The first-order valence-corrected chi connectivity index (χ1v) is 5.70. The van der Waals surface area contributed by atoms with Gasteiger partial charge in [0, 0.05) is 18.6 Å². The molecule has 98 valence electrons. The van der Waals surface area contributed by atoms with E-state index in [2.05, 4.69) is 0 Å². The lowest BCUT2D eigenvalue weighted by Gasteiger charge is -2.35. The minimum absolute atomic E-state index is 0.145. The number of rotatable bonds is 6. The van der Waals surface area contributed by atoms with Gasteiger partial charge >= 0.3 is 6.18 Å². The molecule has 0 spiro atoms. The van der Waals surface area contributed by atoms with E-state index in [1.54, 1.807) is 13.8 Å². The molecule has 2 nitrogen and oxygen atoms in total. The van der Waals surface area contributed by atoms with Crippen LogP contribution in [0.1, 0.15) is 34.1 Å². The lowest BCUT2D eigenvalue weighted by Crippen LogP contribution is -2.49. The molecule has 16 heavy (non-hydrogen) atoms. The van der Waals surface area contributed by atoms with Crippen LogP contribution >= 0.6 is 0 Å². The van der Waals surface area contributed by atoms with Crippen LogP contribution in [0.2, 0.25) is 0 Å². The molecule has 0 bridgehead atoms. The van der Waals surface area contributed by atoms with Crippen molar-refractivity contribution in [2.24, 2.45) is 11.7 Å². The van der Waals surface area contributed by atoms with E-state index in [-0.39, 0.29) is 18.6 Å². The Hall–Kier alpha value is -0.290. The zero-order chi connectivity index (χ0) is 12.9. The smallest absolute Gasteiger partial charge is 0.329 e. The quantitative estimate of drug-likeness (QED) is 0.773. The van der Waals surface area contributed by atoms with Crippen LogP contribution < -0.4 is 5.73 Å². The molecule has 0 aromatic carbocycles. The topological polar surface area (TPSA) is 29.3 Å². The average molecular weight is 240 g/mol. The second kappa shape index (κ2) is 6.45. The molecule has 0 saturated heterocycles. The van der Waals surface area contributed by atoms with Crippen molar-refractivity contribution in [3.05, 3.63) is 0 Å². The van der Waals surface area contributed by atoms with Crippen LogP contribution in [0.25, 0.3) is 0 Å². The van der Waals surface area contributed by atoms with Gasteiger partial charge in [0.05, 0.1) is 6.54 Å². The molecule has 0 aromatic rings. The van der Waals surface area contributed by atoms with E-state index in [0.29, 0.717) is 12.3 Å². The number of nitrogens with two attached hydrogens (primary N) is 1. The van der Waals surface area contributed by atoms with Crippen LogP contribution in [0.3, 0.4) is 0 Å². The molecule has 1 atom stereocenters. The fraction of sp³-hybridized carbons (Fsp3) is 1.00. The lowest BCUT2D eigenvalue weighted by molar-refractivity contribution is -0.155. The molecule has 5 heteroatoms. The van der Waals surface area contributed by atoms with Crippen molar-refractivity contribution in [1.29, 1.82) is 0 Å². The molecule has 0 aliphatic heterocycles. The highest BCUT2D eigenvalue weighted by Gasteiger charge is 2.34. The number of hydrogen-bond donors (Lipinski definition) is 1. The summed E-state index contributed by atoms with van der Waals surface area (Å²) >= 11 is 0. The number of halogens is 3. The second-order valence-corrected chi connectivity index (χ2v) is 4.90. The maximum atomic E-state index is 12.4. The van der Waals surface area contributed by atoms with Crippen molar-refractivity contribution in [3.8, 4) is 0 Å². The van der Waals surface area contributed by atoms with E-state index < -0.39 is 12.7 Å². The molecule has 0 aliphatic rings. The molecular weight excluding hydrogens is 217 g/mol. The van der Waals surface area contributed by atoms with Crippen molar-refractivity contribution in [1.82, 2.24) is 4.90 Å². The predicted octanol–water partition coefficient (Wildman–Crippen LogP) is 2.63. The van der Waals surface area contributed by atoms with Crippen LogP contribution in [0.4, 0.5) is 13.2 Å². The van der Waals surface area contributed by atoms with Crippen LogP contribution in [-0.4, -0.2) is 36.2 Å². The fourth-order valence-electron chi connectivity index (χ4n) is 1.85. The van der Waals surface area contributed by atoms with E-state index in [0.717, 1.165) is 0 Å². The Labute approximate surface area is 96.0 Å². The van der Waals surface area contributed by atoms with Crippen LogP contribution in [0.5, 0.6) is 0 Å². The van der Waals surface area contributed by atoms with Crippen molar-refractivity contribution in [2.45, 2.75) is 52.4 Å². The fourth-order valence-corrected chi connectivity index (χ4v) is 1.85. The summed E-state index contributed by atoms with van der Waals surface area (Å²) in [4.78, 5) is 1.44. The lowest BCUT2D eigenvalue weighted by atomic mass is 10.0. The summed E-state index contributed by atoms with van der Waals surface area (Å²) in [5, 5.41) is 0. The van der Waals surface area contributed by atoms with E-state index >= 15 is 0 Å². The van der Waals surface area contributed by atoms with Gasteiger partial charge in [-0.1, -0.05) is 13.8 Å². The maximum absolute atomic E-state index is 12.4. The summed E-state index contributed by atoms with van der Waals surface area (Å²) in [5.41, 5.74) is 5.57. The Balaban J connectivity index is 4.60. The van der Waals surface area contributed by atoms with E-state index in [4.69, 9.17) is 5.73 Å². The van der Waals surface area contributed by atoms with Gasteiger partial charge in [-0.2, -0.15) is 13.2 Å². The van der Waals surface area contributed by atoms with Crippen molar-refractivity contribution in [2.75, 3.05) is 13.1 Å². The first-order valence-electron chi connectivity index (χ1n) is 5.70. The first-order chi connectivity index (χ1) is 7.17. The second-order valence-electron chi connectivity index (χ2n) is 4.90. The highest BCUT2D eigenvalue weighted by Crippen LogP contribution is 2.22. The summed E-state index contributed by atoms with van der Waals surface area (Å²) in [6, 6.07) is -0.337. The van der Waals surface area contributed by atoms with Gasteiger partial charge in [-0.25, -0.2) is 0 Å². The molecular formula is C11H23F3N2. The highest BCUT2D eigenvalue weighted by atomic mass is 19.4. The molecule has 0 aromatic heterocycles. The minimum Gasteiger partial charge on any atom is -0.329 e. The Morgan fingerprint density at radius 2 is 1.62 bits per heavy atom.